The lowest BCUT2D eigenvalue weighted by Crippen LogP contribution is -2.33. The number of carbonyl (C=O) groups is 1. The van der Waals surface area contributed by atoms with Crippen LogP contribution < -0.4 is 0 Å². The monoisotopic (exact) mass is 201 g/mol. The summed E-state index contributed by atoms with van der Waals surface area (Å²) >= 11 is 3.98. The van der Waals surface area contributed by atoms with Crippen molar-refractivity contribution < 1.29 is 4.79 Å². The van der Waals surface area contributed by atoms with Crippen molar-refractivity contribution in [3.63, 3.8) is 0 Å². The lowest BCUT2D eigenvalue weighted by molar-refractivity contribution is -0.127. The highest BCUT2D eigenvalue weighted by atomic mass is 32.1. The Morgan fingerprint density at radius 3 is 2.54 bits per heavy atom. The van der Waals surface area contributed by atoms with Crippen molar-refractivity contribution in [3.05, 3.63) is 0 Å². The zero-order valence-electron chi connectivity index (χ0n) is 8.33. The van der Waals surface area contributed by atoms with Gasteiger partial charge in [0.2, 0.25) is 5.91 Å². The van der Waals surface area contributed by atoms with Crippen LogP contribution in [0.4, 0.5) is 0 Å². The third kappa shape index (κ3) is 3.59. The number of rotatable bonds is 3. The molecular formula is C10H19NOS. The third-order valence-electron chi connectivity index (χ3n) is 2.82. The molecule has 0 bridgehead atoms. The molecule has 1 rings (SSSR count). The first-order valence-corrected chi connectivity index (χ1v) is 5.72. The molecule has 1 amide bonds. The zero-order valence-corrected chi connectivity index (χ0v) is 9.22. The van der Waals surface area contributed by atoms with Gasteiger partial charge in [0.1, 0.15) is 0 Å². The lowest BCUT2D eigenvalue weighted by Gasteiger charge is -2.26. The van der Waals surface area contributed by atoms with Gasteiger partial charge in [0, 0.05) is 13.6 Å². The van der Waals surface area contributed by atoms with E-state index in [-0.39, 0.29) is 5.91 Å². The summed E-state index contributed by atoms with van der Waals surface area (Å²) in [6.07, 6.45) is 6.65. The summed E-state index contributed by atoms with van der Waals surface area (Å²) in [4.78, 5) is 13.1. The molecule has 2 nitrogen and oxygen atoms in total. The van der Waals surface area contributed by atoms with Crippen LogP contribution in [0, 0.1) is 5.92 Å². The molecular weight excluding hydrogens is 182 g/mol. The molecule has 0 unspecified atom stereocenters. The Morgan fingerprint density at radius 2 is 2.00 bits per heavy atom. The van der Waals surface area contributed by atoms with Crippen molar-refractivity contribution in [1.29, 1.82) is 0 Å². The van der Waals surface area contributed by atoms with E-state index in [0.717, 1.165) is 12.5 Å². The van der Waals surface area contributed by atoms with Gasteiger partial charge in [0.05, 0.1) is 5.75 Å². The van der Waals surface area contributed by atoms with Crippen LogP contribution in [0.25, 0.3) is 0 Å². The SMILES string of the molecule is CN(CC1CCCCC1)C(=O)CS. The van der Waals surface area contributed by atoms with E-state index in [9.17, 15) is 4.79 Å². The molecule has 0 aromatic heterocycles. The van der Waals surface area contributed by atoms with Crippen molar-refractivity contribution in [2.24, 2.45) is 5.92 Å². The highest BCUT2D eigenvalue weighted by Gasteiger charge is 2.17. The van der Waals surface area contributed by atoms with Crippen LogP contribution in [0.15, 0.2) is 0 Å². The van der Waals surface area contributed by atoms with Gasteiger partial charge in [-0.05, 0) is 18.8 Å². The minimum atomic E-state index is 0.147. The first kappa shape index (κ1) is 10.9. The Morgan fingerprint density at radius 1 is 1.38 bits per heavy atom. The molecule has 0 aromatic rings. The molecule has 1 saturated carbocycles. The lowest BCUT2D eigenvalue weighted by atomic mass is 9.89. The molecule has 0 saturated heterocycles. The summed E-state index contributed by atoms with van der Waals surface area (Å²) in [6, 6.07) is 0. The van der Waals surface area contributed by atoms with Crippen molar-refractivity contribution in [1.82, 2.24) is 4.90 Å². The van der Waals surface area contributed by atoms with Gasteiger partial charge in [0.15, 0.2) is 0 Å². The largest absolute Gasteiger partial charge is 0.345 e. The number of thiol groups is 1. The topological polar surface area (TPSA) is 20.3 Å². The van der Waals surface area contributed by atoms with Crippen LogP contribution in [0.2, 0.25) is 0 Å². The predicted molar refractivity (Wildman–Crippen MR) is 58.1 cm³/mol. The van der Waals surface area contributed by atoms with E-state index in [1.54, 1.807) is 0 Å². The highest BCUT2D eigenvalue weighted by Crippen LogP contribution is 2.23. The molecule has 0 aromatic carbocycles. The second kappa shape index (κ2) is 5.53. The van der Waals surface area contributed by atoms with E-state index in [1.807, 2.05) is 11.9 Å². The van der Waals surface area contributed by atoms with E-state index in [2.05, 4.69) is 12.6 Å². The van der Waals surface area contributed by atoms with Crippen molar-refractivity contribution in [2.45, 2.75) is 32.1 Å². The van der Waals surface area contributed by atoms with E-state index in [4.69, 9.17) is 0 Å². The molecule has 1 aliphatic carbocycles. The smallest absolute Gasteiger partial charge is 0.232 e. The molecule has 0 N–H and O–H groups in total. The standard InChI is InChI=1S/C10H19NOS/c1-11(10(12)8-13)7-9-5-3-2-4-6-9/h9,13H,2-8H2,1H3. The first-order chi connectivity index (χ1) is 6.24. The van der Waals surface area contributed by atoms with Crippen LogP contribution in [0.1, 0.15) is 32.1 Å². The molecule has 0 radical (unpaired) electrons. The van der Waals surface area contributed by atoms with Crippen LogP contribution in [0.5, 0.6) is 0 Å². The van der Waals surface area contributed by atoms with Crippen molar-refractivity contribution in [3.8, 4) is 0 Å². The van der Waals surface area contributed by atoms with Crippen LogP contribution in [-0.2, 0) is 4.79 Å². The van der Waals surface area contributed by atoms with Gasteiger partial charge in [0.25, 0.3) is 0 Å². The average Bonchev–Trinajstić information content (AvgIpc) is 2.18. The van der Waals surface area contributed by atoms with Gasteiger partial charge < -0.3 is 4.90 Å². The fraction of sp³-hybridized carbons (Fsp3) is 0.900. The molecule has 13 heavy (non-hydrogen) atoms. The van der Waals surface area contributed by atoms with E-state index < -0.39 is 0 Å². The number of nitrogens with zero attached hydrogens (tertiary/aromatic N) is 1. The van der Waals surface area contributed by atoms with Gasteiger partial charge in [-0.25, -0.2) is 0 Å². The fourth-order valence-electron chi connectivity index (χ4n) is 1.98. The highest BCUT2D eigenvalue weighted by molar-refractivity contribution is 7.81. The molecule has 1 aliphatic rings. The van der Waals surface area contributed by atoms with Gasteiger partial charge in [-0.1, -0.05) is 19.3 Å². The second-order valence-electron chi connectivity index (χ2n) is 3.94. The molecule has 0 atom stereocenters. The minimum absolute atomic E-state index is 0.147. The minimum Gasteiger partial charge on any atom is -0.345 e. The summed E-state index contributed by atoms with van der Waals surface area (Å²) < 4.78 is 0. The maximum Gasteiger partial charge on any atom is 0.232 e. The van der Waals surface area contributed by atoms with Crippen LogP contribution in [0.3, 0.4) is 0 Å². The number of amides is 1. The average molecular weight is 201 g/mol. The Bertz CT molecular complexity index is 166. The van der Waals surface area contributed by atoms with E-state index in [1.165, 1.54) is 32.1 Å². The summed E-state index contributed by atoms with van der Waals surface area (Å²) in [6.45, 7) is 0.930. The van der Waals surface area contributed by atoms with Gasteiger partial charge >= 0.3 is 0 Å². The van der Waals surface area contributed by atoms with Gasteiger partial charge in [-0.15, -0.1) is 0 Å². The second-order valence-corrected chi connectivity index (χ2v) is 4.25. The summed E-state index contributed by atoms with van der Waals surface area (Å²) in [5.74, 6) is 1.22. The van der Waals surface area contributed by atoms with Gasteiger partial charge in [-0.3, -0.25) is 4.79 Å². The molecule has 0 spiro atoms. The van der Waals surface area contributed by atoms with Crippen LogP contribution in [-0.4, -0.2) is 30.2 Å². The summed E-state index contributed by atoms with van der Waals surface area (Å²) in [5, 5.41) is 0. The predicted octanol–water partition coefficient (Wildman–Crippen LogP) is 1.95. The Labute approximate surface area is 86.1 Å². The molecule has 76 valence electrons. The molecule has 0 aliphatic heterocycles. The third-order valence-corrected chi connectivity index (χ3v) is 3.09. The molecule has 1 fully saturated rings. The van der Waals surface area contributed by atoms with Crippen molar-refractivity contribution in [2.75, 3.05) is 19.3 Å². The molecule has 0 heterocycles. The van der Waals surface area contributed by atoms with E-state index in [0.29, 0.717) is 5.75 Å². The Kier molecular flexibility index (Phi) is 4.64. The fourth-order valence-corrected chi connectivity index (χ4v) is 2.22. The first-order valence-electron chi connectivity index (χ1n) is 5.09. The maximum absolute atomic E-state index is 11.2. The van der Waals surface area contributed by atoms with Crippen molar-refractivity contribution >= 4 is 18.5 Å². The number of hydrogen-bond acceptors (Lipinski definition) is 2. The number of carbonyl (C=O) groups excluding carboxylic acids is 1. The van der Waals surface area contributed by atoms with Crippen LogP contribution >= 0.6 is 12.6 Å². The maximum atomic E-state index is 11.2. The summed E-state index contributed by atoms with van der Waals surface area (Å²) in [7, 11) is 1.88. The molecule has 3 heteroatoms. The summed E-state index contributed by atoms with van der Waals surface area (Å²) in [5.41, 5.74) is 0. The quantitative estimate of drug-likeness (QED) is 0.692. The van der Waals surface area contributed by atoms with E-state index >= 15 is 0 Å². The zero-order chi connectivity index (χ0) is 9.68. The Balaban J connectivity index is 2.25. The normalized spacial score (nSPS) is 18.6. The Hall–Kier alpha value is -0.180. The number of hydrogen-bond donors (Lipinski definition) is 1. The van der Waals surface area contributed by atoms with Gasteiger partial charge in [-0.2, -0.15) is 12.6 Å².